The van der Waals surface area contributed by atoms with Crippen LogP contribution in [0, 0.1) is 13.1 Å². The van der Waals surface area contributed by atoms with E-state index in [1.54, 1.807) is 6.07 Å². The van der Waals surface area contributed by atoms with Crippen molar-refractivity contribution in [3.05, 3.63) is 89.6 Å². The van der Waals surface area contributed by atoms with E-state index in [1.807, 2.05) is 12.1 Å². The summed E-state index contributed by atoms with van der Waals surface area (Å²) in [6.07, 6.45) is 0. The molecule has 0 saturated carbocycles. The molecule has 0 N–H and O–H groups in total. The zero-order chi connectivity index (χ0) is 18.3. The molecule has 3 aromatic carbocycles. The predicted molar refractivity (Wildman–Crippen MR) is 110 cm³/mol. The lowest BCUT2D eigenvalue weighted by Gasteiger charge is -2.41. The summed E-state index contributed by atoms with van der Waals surface area (Å²) in [5.41, 5.74) is 4.16. The van der Waals surface area contributed by atoms with Crippen molar-refractivity contribution in [3.8, 4) is 0 Å². The first-order valence-electron chi connectivity index (χ1n) is 8.45. The highest BCUT2D eigenvalue weighted by atomic mass is 28.3. The summed E-state index contributed by atoms with van der Waals surface area (Å²) >= 11 is 0. The largest absolute Gasteiger partial charge is 0.313 e. The molecular weight excluding hydrogens is 334 g/mol. The summed E-state index contributed by atoms with van der Waals surface area (Å²) in [7, 11) is -1.81. The zero-order valence-electron chi connectivity index (χ0n) is 14.7. The number of benzene rings is 3. The summed E-state index contributed by atoms with van der Waals surface area (Å²) in [4.78, 5) is 9.33. The van der Waals surface area contributed by atoms with Crippen molar-refractivity contribution in [1.82, 2.24) is 0 Å². The lowest BCUT2D eigenvalue weighted by molar-refractivity contribution is 1.29. The average molecular weight is 351 g/mol. The normalized spacial score (nSPS) is 13.9. The van der Waals surface area contributed by atoms with Crippen molar-refractivity contribution in [3.63, 3.8) is 0 Å². The van der Waals surface area contributed by atoms with E-state index in [2.05, 4.69) is 76.2 Å². The van der Waals surface area contributed by atoms with Gasteiger partial charge in [-0.25, -0.2) is 9.69 Å². The first kappa shape index (κ1) is 16.1. The van der Waals surface area contributed by atoms with Gasteiger partial charge in [-0.1, -0.05) is 55.6 Å². The number of rotatable bonds is 1. The van der Waals surface area contributed by atoms with Crippen LogP contribution in [0.25, 0.3) is 9.69 Å². The van der Waals surface area contributed by atoms with Crippen molar-refractivity contribution in [2.24, 2.45) is 0 Å². The molecule has 0 fully saturated rings. The van der Waals surface area contributed by atoms with Crippen molar-refractivity contribution >= 4 is 46.9 Å². The van der Waals surface area contributed by atoms with E-state index < -0.39 is 8.07 Å². The molecule has 0 spiro atoms. The van der Waals surface area contributed by atoms with Gasteiger partial charge in [0.1, 0.15) is 8.07 Å². The predicted octanol–water partition coefficient (Wildman–Crippen LogP) is 5.39. The van der Waals surface area contributed by atoms with Gasteiger partial charge in [-0.2, -0.15) is 0 Å². The maximum Gasteiger partial charge on any atom is 0.179 e. The highest BCUT2D eigenvalue weighted by Gasteiger charge is 2.38. The molecule has 0 amide bonds. The van der Waals surface area contributed by atoms with Crippen molar-refractivity contribution < 1.29 is 0 Å². The van der Waals surface area contributed by atoms with Gasteiger partial charge in [-0.15, -0.1) is 0 Å². The molecule has 4 rings (SSSR count). The smallest absolute Gasteiger partial charge is 0.179 e. The molecule has 0 saturated heterocycles. The molecule has 0 atom stereocenters. The molecule has 124 valence electrons. The number of hydrogen-bond acceptors (Lipinski definition) is 1. The van der Waals surface area contributed by atoms with Gasteiger partial charge >= 0.3 is 0 Å². The van der Waals surface area contributed by atoms with Crippen LogP contribution in [0.15, 0.2) is 66.7 Å². The Morgan fingerprint density at radius 1 is 0.731 bits per heavy atom. The first-order chi connectivity index (χ1) is 12.6. The van der Waals surface area contributed by atoms with Gasteiger partial charge in [0.2, 0.25) is 0 Å². The Kier molecular flexibility index (Phi) is 3.65. The van der Waals surface area contributed by atoms with E-state index in [9.17, 15) is 0 Å². The number of para-hydroxylation sites is 2. The van der Waals surface area contributed by atoms with Crippen LogP contribution in [0.4, 0.5) is 28.4 Å². The molecule has 1 heterocycles. The summed E-state index contributed by atoms with van der Waals surface area (Å²) in [5, 5.41) is 2.74. The molecule has 0 radical (unpaired) electrons. The number of hydrogen-bond donors (Lipinski definition) is 0. The van der Waals surface area contributed by atoms with Crippen molar-refractivity contribution in [1.29, 1.82) is 0 Å². The van der Waals surface area contributed by atoms with Crippen LogP contribution < -0.4 is 15.3 Å². The summed E-state index contributed by atoms with van der Waals surface area (Å²) in [6.45, 7) is 19.5. The van der Waals surface area contributed by atoms with E-state index in [1.165, 1.54) is 10.4 Å². The second kappa shape index (κ2) is 5.88. The number of anilines is 3. The first-order valence-corrected chi connectivity index (χ1v) is 11.5. The second-order valence-electron chi connectivity index (χ2n) is 6.93. The van der Waals surface area contributed by atoms with Crippen LogP contribution in [0.3, 0.4) is 0 Å². The quantitative estimate of drug-likeness (QED) is 0.422. The topological polar surface area (TPSA) is 12.0 Å². The molecule has 0 aliphatic carbocycles. The number of fused-ring (bicyclic) bond motifs is 2. The van der Waals surface area contributed by atoms with Crippen molar-refractivity contribution in [2.45, 2.75) is 13.1 Å². The molecule has 0 aromatic heterocycles. The van der Waals surface area contributed by atoms with Crippen LogP contribution in [-0.4, -0.2) is 8.07 Å². The number of nitrogens with zero attached hydrogens (tertiary/aromatic N) is 3. The highest BCUT2D eigenvalue weighted by Crippen LogP contribution is 2.40. The van der Waals surface area contributed by atoms with E-state index in [0.29, 0.717) is 11.4 Å². The Bertz CT molecular complexity index is 1020. The molecule has 4 heteroatoms. The molecule has 1 aliphatic rings. The zero-order valence-corrected chi connectivity index (χ0v) is 15.7. The minimum Gasteiger partial charge on any atom is -0.313 e. The standard InChI is InChI=1S/C22H17N3Si/c1-23-16-13-17(24-2)15-18(14-16)25-19-9-5-7-11-21(19)26(3,4)22-12-8-6-10-20(22)25/h5-15H,3-4H3. The van der Waals surface area contributed by atoms with Crippen LogP contribution >= 0.6 is 0 Å². The Labute approximate surface area is 154 Å². The van der Waals surface area contributed by atoms with Crippen LogP contribution in [0.1, 0.15) is 0 Å². The fraction of sp³-hybridized carbons (Fsp3) is 0.0909. The molecule has 0 bridgehead atoms. The Morgan fingerprint density at radius 2 is 1.19 bits per heavy atom. The average Bonchev–Trinajstić information content (AvgIpc) is 2.68. The van der Waals surface area contributed by atoms with E-state index >= 15 is 0 Å². The lowest BCUT2D eigenvalue weighted by atomic mass is 10.1. The van der Waals surface area contributed by atoms with Crippen LogP contribution in [0.5, 0.6) is 0 Å². The van der Waals surface area contributed by atoms with E-state index in [4.69, 9.17) is 13.1 Å². The van der Waals surface area contributed by atoms with Crippen LogP contribution in [0.2, 0.25) is 13.1 Å². The third kappa shape index (κ3) is 2.32. The lowest BCUT2D eigenvalue weighted by Crippen LogP contribution is -2.58. The van der Waals surface area contributed by atoms with Gasteiger partial charge in [0.05, 0.1) is 13.1 Å². The fourth-order valence-corrected chi connectivity index (χ4v) is 6.77. The SMILES string of the molecule is [C-]#[N+]c1cc([N+]#[C-])cc(N2c3ccccc3[Si](C)(C)c3ccccc32)c1. The van der Waals surface area contributed by atoms with Gasteiger partial charge in [0.25, 0.3) is 0 Å². The van der Waals surface area contributed by atoms with Gasteiger partial charge in [0.15, 0.2) is 11.4 Å². The minimum absolute atomic E-state index is 0.491. The monoisotopic (exact) mass is 351 g/mol. The Hall–Kier alpha value is -3.34. The summed E-state index contributed by atoms with van der Waals surface area (Å²) in [6, 6.07) is 22.4. The molecule has 0 unspecified atom stereocenters. The molecule has 26 heavy (non-hydrogen) atoms. The molecule has 3 aromatic rings. The Morgan fingerprint density at radius 3 is 1.65 bits per heavy atom. The second-order valence-corrected chi connectivity index (χ2v) is 11.3. The van der Waals surface area contributed by atoms with Crippen LogP contribution in [-0.2, 0) is 0 Å². The molecule has 1 aliphatic heterocycles. The van der Waals surface area contributed by atoms with Gasteiger partial charge in [-0.05, 0) is 34.6 Å². The minimum atomic E-state index is -1.81. The maximum atomic E-state index is 7.39. The van der Waals surface area contributed by atoms with Gasteiger partial charge in [0, 0.05) is 17.1 Å². The summed E-state index contributed by atoms with van der Waals surface area (Å²) < 4.78 is 0. The van der Waals surface area contributed by atoms with Gasteiger partial charge in [-0.3, -0.25) is 0 Å². The van der Waals surface area contributed by atoms with Crippen molar-refractivity contribution in [2.75, 3.05) is 4.90 Å². The van der Waals surface area contributed by atoms with E-state index in [0.717, 1.165) is 17.1 Å². The summed E-state index contributed by atoms with van der Waals surface area (Å²) in [5.74, 6) is 0. The third-order valence-corrected chi connectivity index (χ3v) is 8.58. The Balaban J connectivity index is 2.05. The van der Waals surface area contributed by atoms with Gasteiger partial charge < -0.3 is 4.90 Å². The maximum absolute atomic E-state index is 7.39. The fourth-order valence-electron chi connectivity index (χ4n) is 3.79. The molecular formula is C22H17N3Si. The van der Waals surface area contributed by atoms with E-state index in [-0.39, 0.29) is 0 Å². The highest BCUT2D eigenvalue weighted by molar-refractivity contribution is 7.02. The molecule has 3 nitrogen and oxygen atoms in total. The third-order valence-electron chi connectivity index (χ3n) is 5.04.